The molecule has 2 aromatic heterocycles. The summed E-state index contributed by atoms with van der Waals surface area (Å²) >= 11 is 1.86. The van der Waals surface area contributed by atoms with Gasteiger partial charge in [0.15, 0.2) is 0 Å². The van der Waals surface area contributed by atoms with Gasteiger partial charge in [0.2, 0.25) is 0 Å². The minimum atomic E-state index is -0.506. The Labute approximate surface area is 340 Å². The second-order valence-corrected chi connectivity index (χ2v) is 16.3. The van der Waals surface area contributed by atoms with E-state index in [9.17, 15) is 0 Å². The average molecular weight is 758 g/mol. The van der Waals surface area contributed by atoms with Gasteiger partial charge in [-0.25, -0.2) is 0 Å². The largest absolute Gasteiger partial charge is 0.456 e. The van der Waals surface area contributed by atoms with Gasteiger partial charge in [-0.05, 0) is 99.6 Å². The minimum Gasteiger partial charge on any atom is -0.456 e. The predicted octanol–water partition coefficient (Wildman–Crippen LogP) is 15.5. The van der Waals surface area contributed by atoms with Gasteiger partial charge in [0.05, 0.1) is 11.1 Å². The number of thiophene rings is 1. The summed E-state index contributed by atoms with van der Waals surface area (Å²) in [6, 6.07) is 77.7. The highest BCUT2D eigenvalue weighted by atomic mass is 32.1. The first-order chi connectivity index (χ1) is 28.8. The van der Waals surface area contributed by atoms with E-state index in [1.807, 2.05) is 23.5 Å². The number of hydrogen-bond donors (Lipinski definition) is 0. The van der Waals surface area contributed by atoms with E-state index < -0.39 is 5.41 Å². The molecule has 0 saturated heterocycles. The molecule has 9 aromatic carbocycles. The van der Waals surface area contributed by atoms with E-state index in [4.69, 9.17) is 4.42 Å². The lowest BCUT2D eigenvalue weighted by atomic mass is 9.68. The van der Waals surface area contributed by atoms with Crippen molar-refractivity contribution in [1.82, 2.24) is 0 Å². The molecule has 0 N–H and O–H groups in total. The van der Waals surface area contributed by atoms with Crippen LogP contribution in [-0.4, -0.2) is 0 Å². The summed E-state index contributed by atoms with van der Waals surface area (Å²) in [5.74, 6) is 0. The van der Waals surface area contributed by atoms with Crippen LogP contribution in [0.1, 0.15) is 22.3 Å². The summed E-state index contributed by atoms with van der Waals surface area (Å²) in [6.07, 6.45) is 0. The lowest BCUT2D eigenvalue weighted by molar-refractivity contribution is 0.669. The number of para-hydroxylation sites is 1. The normalized spacial score (nSPS) is 13.0. The highest BCUT2D eigenvalue weighted by Crippen LogP contribution is 2.59. The molecule has 1 aliphatic rings. The van der Waals surface area contributed by atoms with Crippen LogP contribution in [0.2, 0.25) is 0 Å². The Morgan fingerprint density at radius 1 is 0.397 bits per heavy atom. The van der Waals surface area contributed by atoms with Crippen molar-refractivity contribution in [2.24, 2.45) is 0 Å². The molecule has 272 valence electrons. The van der Waals surface area contributed by atoms with E-state index in [0.717, 1.165) is 50.1 Å². The molecular weight excluding hydrogens is 723 g/mol. The third-order valence-corrected chi connectivity index (χ3v) is 13.3. The SMILES string of the molecule is c1ccc(C2(c3ccccc3)c3ccccc3-c3c(N(c4cccc(-c5ccc6oc7ccccc7c6c5)c4)c4ccc5sc6ccccc6c5c4)cccc32)cc1. The maximum Gasteiger partial charge on any atom is 0.135 e. The lowest BCUT2D eigenvalue weighted by Crippen LogP contribution is -2.28. The number of fused-ring (bicyclic) bond motifs is 9. The maximum atomic E-state index is 6.22. The van der Waals surface area contributed by atoms with Gasteiger partial charge >= 0.3 is 0 Å². The molecule has 0 saturated carbocycles. The Balaban J connectivity index is 1.13. The standard InChI is InChI=1S/C55H35NOS/c1-3-16-38(17-4-1)55(39-18-5-2-6-19-39)47-24-10-7-23-44(47)54-48(55)25-14-26-49(54)56(41-30-32-53-46(35-41)43-22-9-12-28-52(43)58-53)40-20-13-15-36(33-40)37-29-31-51-45(34-37)42-21-8-11-27-50(42)57-51/h1-35H. The van der Waals surface area contributed by atoms with Crippen molar-refractivity contribution in [3.8, 4) is 22.3 Å². The van der Waals surface area contributed by atoms with E-state index in [0.29, 0.717) is 0 Å². The van der Waals surface area contributed by atoms with Crippen molar-refractivity contribution in [2.75, 3.05) is 4.90 Å². The average Bonchev–Trinajstić information content (AvgIpc) is 3.95. The lowest BCUT2D eigenvalue weighted by Gasteiger charge is -2.34. The summed E-state index contributed by atoms with van der Waals surface area (Å²) in [4.78, 5) is 2.49. The zero-order valence-corrected chi connectivity index (χ0v) is 32.3. The molecule has 0 radical (unpaired) electrons. The van der Waals surface area contributed by atoms with Crippen molar-refractivity contribution in [3.05, 3.63) is 235 Å². The molecule has 0 fully saturated rings. The number of nitrogens with zero attached hydrogens (tertiary/aromatic N) is 1. The van der Waals surface area contributed by atoms with Crippen molar-refractivity contribution in [1.29, 1.82) is 0 Å². The number of hydrogen-bond acceptors (Lipinski definition) is 3. The zero-order chi connectivity index (χ0) is 38.2. The summed E-state index contributed by atoms with van der Waals surface area (Å²) < 4.78 is 8.81. The van der Waals surface area contributed by atoms with Gasteiger partial charge in [-0.1, -0.05) is 152 Å². The number of anilines is 3. The zero-order valence-electron chi connectivity index (χ0n) is 31.5. The molecule has 1 aliphatic carbocycles. The Bertz CT molecular complexity index is 3320. The molecule has 0 atom stereocenters. The number of benzene rings is 9. The first kappa shape index (κ1) is 33.0. The van der Waals surface area contributed by atoms with Crippen molar-refractivity contribution < 1.29 is 4.42 Å². The number of furan rings is 1. The van der Waals surface area contributed by atoms with Crippen molar-refractivity contribution >= 4 is 70.5 Å². The van der Waals surface area contributed by atoms with E-state index in [1.54, 1.807) is 0 Å². The summed E-state index contributed by atoms with van der Waals surface area (Å²) in [7, 11) is 0. The van der Waals surface area contributed by atoms with Gasteiger partial charge in [0, 0.05) is 47.9 Å². The molecule has 3 heteroatoms. The van der Waals surface area contributed by atoms with E-state index >= 15 is 0 Å². The Hall–Kier alpha value is -7.20. The van der Waals surface area contributed by atoms with Crippen LogP contribution in [0, 0.1) is 0 Å². The van der Waals surface area contributed by atoms with Crippen LogP contribution in [0.25, 0.3) is 64.4 Å². The van der Waals surface area contributed by atoms with Crippen LogP contribution in [0.4, 0.5) is 17.1 Å². The molecule has 12 rings (SSSR count). The smallest absolute Gasteiger partial charge is 0.135 e. The first-order valence-electron chi connectivity index (χ1n) is 19.8. The van der Waals surface area contributed by atoms with Gasteiger partial charge in [-0.15, -0.1) is 11.3 Å². The van der Waals surface area contributed by atoms with Gasteiger partial charge in [-0.3, -0.25) is 0 Å². The summed E-state index contributed by atoms with van der Waals surface area (Å²) in [6.45, 7) is 0. The Morgan fingerprint density at radius 2 is 1.03 bits per heavy atom. The van der Waals surface area contributed by atoms with Crippen molar-refractivity contribution in [3.63, 3.8) is 0 Å². The van der Waals surface area contributed by atoms with Crippen molar-refractivity contribution in [2.45, 2.75) is 5.41 Å². The molecule has 0 spiro atoms. The third-order valence-electron chi connectivity index (χ3n) is 12.1. The predicted molar refractivity (Wildman–Crippen MR) is 244 cm³/mol. The van der Waals surface area contributed by atoms with E-state index in [2.05, 4.69) is 205 Å². The molecule has 0 bridgehead atoms. The third kappa shape index (κ3) is 4.84. The highest BCUT2D eigenvalue weighted by Gasteiger charge is 2.47. The van der Waals surface area contributed by atoms with Crippen LogP contribution >= 0.6 is 11.3 Å². The minimum absolute atomic E-state index is 0.506. The Kier molecular flexibility index (Phi) is 7.35. The quantitative estimate of drug-likeness (QED) is 0.168. The van der Waals surface area contributed by atoms with Crippen LogP contribution in [0.3, 0.4) is 0 Å². The van der Waals surface area contributed by atoms with Gasteiger partial charge < -0.3 is 9.32 Å². The molecule has 11 aromatic rings. The molecule has 0 unspecified atom stereocenters. The van der Waals surface area contributed by atoms with Gasteiger partial charge in [0.1, 0.15) is 11.2 Å². The molecule has 2 nitrogen and oxygen atoms in total. The van der Waals surface area contributed by atoms with Crippen LogP contribution < -0.4 is 4.90 Å². The topological polar surface area (TPSA) is 16.4 Å². The van der Waals surface area contributed by atoms with E-state index in [-0.39, 0.29) is 0 Å². The van der Waals surface area contributed by atoms with Gasteiger partial charge in [-0.2, -0.15) is 0 Å². The fraction of sp³-hybridized carbons (Fsp3) is 0.0182. The second kappa shape index (κ2) is 12.9. The van der Waals surface area contributed by atoms with Crippen LogP contribution in [0.15, 0.2) is 217 Å². The molecule has 0 aliphatic heterocycles. The molecule has 0 amide bonds. The van der Waals surface area contributed by atoms with Crippen LogP contribution in [0.5, 0.6) is 0 Å². The highest BCUT2D eigenvalue weighted by molar-refractivity contribution is 7.25. The fourth-order valence-electron chi connectivity index (χ4n) is 9.67. The summed E-state index contributed by atoms with van der Waals surface area (Å²) in [5.41, 5.74) is 14.5. The first-order valence-corrected chi connectivity index (χ1v) is 20.6. The van der Waals surface area contributed by atoms with Gasteiger partial charge in [0.25, 0.3) is 0 Å². The maximum absolute atomic E-state index is 6.22. The molecular formula is C55H35NOS. The summed E-state index contributed by atoms with van der Waals surface area (Å²) in [5, 5.41) is 4.81. The monoisotopic (exact) mass is 757 g/mol. The number of rotatable bonds is 6. The molecule has 58 heavy (non-hydrogen) atoms. The Morgan fingerprint density at radius 3 is 1.88 bits per heavy atom. The van der Waals surface area contributed by atoms with Crippen LogP contribution in [-0.2, 0) is 5.41 Å². The second-order valence-electron chi connectivity index (χ2n) is 15.2. The van der Waals surface area contributed by atoms with E-state index in [1.165, 1.54) is 53.6 Å². The fourth-order valence-corrected chi connectivity index (χ4v) is 10.8. The molecule has 2 heterocycles.